The van der Waals surface area contributed by atoms with Gasteiger partial charge in [-0.25, -0.2) is 0 Å². The van der Waals surface area contributed by atoms with Crippen LogP contribution in [0.3, 0.4) is 0 Å². The monoisotopic (exact) mass is 338 g/mol. The van der Waals surface area contributed by atoms with Crippen LogP contribution in [-0.4, -0.2) is 19.4 Å². The smallest absolute Gasteiger partial charge is 0.309 e. The molecule has 0 aromatic heterocycles. The van der Waals surface area contributed by atoms with Crippen LogP contribution in [0.4, 0.5) is 0 Å². The summed E-state index contributed by atoms with van der Waals surface area (Å²) in [6.07, 6.45) is 4.94. The van der Waals surface area contributed by atoms with Crippen molar-refractivity contribution in [2.45, 2.75) is 53.4 Å². The van der Waals surface area contributed by atoms with Crippen LogP contribution in [-0.2, 0) is 13.6 Å². The quantitative estimate of drug-likeness (QED) is 0.350. The van der Waals surface area contributed by atoms with E-state index >= 15 is 0 Å². The maximum absolute atomic E-state index is 13.0. The van der Waals surface area contributed by atoms with Crippen molar-refractivity contribution in [2.75, 3.05) is 19.4 Å². The summed E-state index contributed by atoms with van der Waals surface area (Å²) in [7, 11) is -3.09. The third kappa shape index (κ3) is 7.03. The average Bonchev–Trinajstić information content (AvgIpc) is 2.54. The Balaban J connectivity index is 3.08. The Labute approximate surface area is 141 Å². The van der Waals surface area contributed by atoms with Crippen molar-refractivity contribution in [1.29, 1.82) is 0 Å². The fourth-order valence-corrected chi connectivity index (χ4v) is 4.50. The molecule has 1 aromatic rings. The fourth-order valence-electron chi connectivity index (χ4n) is 2.62. The zero-order chi connectivity index (χ0) is 17.1. The van der Waals surface area contributed by atoms with E-state index < -0.39 is 7.60 Å². The summed E-state index contributed by atoms with van der Waals surface area (Å²) in [6, 6.07) is 10.2. The van der Waals surface area contributed by atoms with E-state index in [2.05, 4.69) is 26.0 Å². The van der Waals surface area contributed by atoms with Crippen LogP contribution in [0, 0.1) is 0 Å². The predicted octanol–water partition coefficient (Wildman–Crippen LogP) is 6.31. The zero-order valence-electron chi connectivity index (χ0n) is 15.0. The minimum atomic E-state index is -3.09. The van der Waals surface area contributed by atoms with E-state index in [0.29, 0.717) is 19.4 Å². The number of allylic oxidation sites excluding steroid dienone is 2. The molecule has 0 heterocycles. The van der Waals surface area contributed by atoms with Crippen molar-refractivity contribution in [3.05, 3.63) is 41.5 Å². The summed E-state index contributed by atoms with van der Waals surface area (Å²) in [6.45, 7) is 8.84. The molecule has 0 amide bonds. The highest BCUT2D eigenvalue weighted by atomic mass is 31.2. The Morgan fingerprint density at radius 3 is 2.13 bits per heavy atom. The van der Waals surface area contributed by atoms with Gasteiger partial charge in [-0.05, 0) is 44.7 Å². The average molecular weight is 338 g/mol. The third-order valence-electron chi connectivity index (χ3n) is 3.80. The first-order chi connectivity index (χ1) is 11.1. The van der Waals surface area contributed by atoms with Gasteiger partial charge in [0.25, 0.3) is 0 Å². The van der Waals surface area contributed by atoms with E-state index in [4.69, 9.17) is 9.05 Å². The number of unbranched alkanes of at least 4 members (excludes halogenated alkanes) is 2. The van der Waals surface area contributed by atoms with Gasteiger partial charge in [0.05, 0.1) is 19.4 Å². The molecule has 0 atom stereocenters. The molecular weight excluding hydrogens is 307 g/mol. The number of rotatable bonds is 11. The van der Waals surface area contributed by atoms with Crippen molar-refractivity contribution < 1.29 is 13.6 Å². The zero-order valence-corrected chi connectivity index (χ0v) is 15.9. The van der Waals surface area contributed by atoms with Gasteiger partial charge < -0.3 is 9.05 Å². The molecule has 0 aliphatic rings. The molecule has 0 radical (unpaired) electrons. The third-order valence-corrected chi connectivity index (χ3v) is 5.80. The molecule has 130 valence electrons. The summed E-state index contributed by atoms with van der Waals surface area (Å²) in [5, 5.41) is 0. The lowest BCUT2D eigenvalue weighted by molar-refractivity contribution is 0.223. The number of benzene rings is 1. The van der Waals surface area contributed by atoms with Crippen LogP contribution in [0.25, 0.3) is 5.57 Å². The van der Waals surface area contributed by atoms with Crippen LogP contribution < -0.4 is 0 Å². The van der Waals surface area contributed by atoms with Gasteiger partial charge in [0.15, 0.2) is 0 Å². The normalized spacial score (nSPS) is 13.0. The molecule has 1 rings (SSSR count). The Morgan fingerprint density at radius 2 is 1.61 bits per heavy atom. The summed E-state index contributed by atoms with van der Waals surface area (Å²) < 4.78 is 23.9. The lowest BCUT2D eigenvalue weighted by Gasteiger charge is -2.21. The highest BCUT2D eigenvalue weighted by Gasteiger charge is 2.26. The predicted molar refractivity (Wildman–Crippen MR) is 98.9 cm³/mol. The van der Waals surface area contributed by atoms with Crippen molar-refractivity contribution in [3.8, 4) is 0 Å². The minimum Gasteiger partial charge on any atom is -0.309 e. The Morgan fingerprint density at radius 1 is 1.00 bits per heavy atom. The molecule has 1 aromatic carbocycles. The topological polar surface area (TPSA) is 35.5 Å². The molecule has 0 spiro atoms. The van der Waals surface area contributed by atoms with Crippen LogP contribution in [0.2, 0.25) is 0 Å². The molecule has 0 N–H and O–H groups in total. The summed E-state index contributed by atoms with van der Waals surface area (Å²) in [5.41, 5.74) is 3.50. The van der Waals surface area contributed by atoms with Crippen LogP contribution in [0.15, 0.2) is 35.9 Å². The van der Waals surface area contributed by atoms with E-state index in [0.717, 1.165) is 24.0 Å². The Bertz CT molecular complexity index is 513. The number of hydrogen-bond donors (Lipinski definition) is 0. The van der Waals surface area contributed by atoms with E-state index in [1.807, 2.05) is 32.0 Å². The molecule has 0 bridgehead atoms. The van der Waals surface area contributed by atoms with Crippen molar-refractivity contribution in [1.82, 2.24) is 0 Å². The van der Waals surface area contributed by atoms with E-state index in [-0.39, 0.29) is 0 Å². The van der Waals surface area contributed by atoms with Gasteiger partial charge in [-0.15, -0.1) is 0 Å². The molecule has 0 unspecified atom stereocenters. The standard InChI is InChI=1S/C19H31O3P/c1-5-8-10-13-17(4)19(18-14-11-9-12-15-18)16-23(20,21-6-2)22-7-3/h9,11-12,14-15H,5-8,10,13,16H2,1-4H3/b19-17-. The van der Waals surface area contributed by atoms with Crippen molar-refractivity contribution >= 4 is 13.2 Å². The molecular formula is C19H31O3P. The van der Waals surface area contributed by atoms with Gasteiger partial charge in [-0.1, -0.05) is 55.7 Å². The van der Waals surface area contributed by atoms with Crippen LogP contribution in [0.5, 0.6) is 0 Å². The maximum atomic E-state index is 13.0. The summed E-state index contributed by atoms with van der Waals surface area (Å²) in [4.78, 5) is 0. The molecule has 0 saturated carbocycles. The van der Waals surface area contributed by atoms with Crippen molar-refractivity contribution in [2.24, 2.45) is 0 Å². The lowest BCUT2D eigenvalue weighted by atomic mass is 9.98. The first kappa shape index (κ1) is 20.2. The number of hydrogen-bond acceptors (Lipinski definition) is 3. The second-order valence-corrected chi connectivity index (χ2v) is 7.74. The molecule has 0 aliphatic carbocycles. The maximum Gasteiger partial charge on any atom is 0.335 e. The first-order valence-corrected chi connectivity index (χ1v) is 10.4. The van der Waals surface area contributed by atoms with E-state index in [1.165, 1.54) is 18.4 Å². The van der Waals surface area contributed by atoms with Crippen LogP contribution >= 0.6 is 7.60 Å². The summed E-state index contributed by atoms with van der Waals surface area (Å²) >= 11 is 0. The Kier molecular flexibility index (Phi) is 9.47. The fraction of sp³-hybridized carbons (Fsp3) is 0.579. The Hall–Kier alpha value is -0.890. The lowest BCUT2D eigenvalue weighted by Crippen LogP contribution is -2.04. The first-order valence-electron chi connectivity index (χ1n) is 8.68. The van der Waals surface area contributed by atoms with Crippen LogP contribution in [0.1, 0.15) is 58.9 Å². The second kappa shape index (κ2) is 10.8. The molecule has 0 saturated heterocycles. The van der Waals surface area contributed by atoms with Gasteiger partial charge in [-0.2, -0.15) is 0 Å². The molecule has 4 heteroatoms. The van der Waals surface area contributed by atoms with Gasteiger partial charge in [0.2, 0.25) is 0 Å². The van der Waals surface area contributed by atoms with Gasteiger partial charge in [-0.3, -0.25) is 4.57 Å². The largest absolute Gasteiger partial charge is 0.335 e. The van der Waals surface area contributed by atoms with Gasteiger partial charge in [0.1, 0.15) is 0 Å². The molecule has 0 aliphatic heterocycles. The van der Waals surface area contributed by atoms with Gasteiger partial charge in [0, 0.05) is 0 Å². The second-order valence-electron chi connectivity index (χ2n) is 5.69. The molecule has 3 nitrogen and oxygen atoms in total. The van der Waals surface area contributed by atoms with Gasteiger partial charge >= 0.3 is 7.60 Å². The highest BCUT2D eigenvalue weighted by molar-refractivity contribution is 7.54. The molecule has 23 heavy (non-hydrogen) atoms. The van der Waals surface area contributed by atoms with E-state index in [1.54, 1.807) is 0 Å². The SMILES string of the molecule is CCCCC/C(C)=C(/CP(=O)(OCC)OCC)c1ccccc1. The minimum absolute atomic E-state index is 0.344. The summed E-state index contributed by atoms with van der Waals surface area (Å²) in [5.74, 6) is 0. The molecule has 0 fully saturated rings. The van der Waals surface area contributed by atoms with E-state index in [9.17, 15) is 4.57 Å². The van der Waals surface area contributed by atoms with Crippen molar-refractivity contribution in [3.63, 3.8) is 0 Å². The highest BCUT2D eigenvalue weighted by Crippen LogP contribution is 2.51.